The molecule has 3 rings (SSSR count). The maximum atomic E-state index is 12.5. The van der Waals surface area contributed by atoms with E-state index in [1.807, 2.05) is 0 Å². The number of fused-ring (bicyclic) bond motifs is 1. The molecule has 3 aromatic rings. The molecule has 0 atom stereocenters. The second-order valence-corrected chi connectivity index (χ2v) is 13.7. The van der Waals surface area contributed by atoms with Gasteiger partial charge in [0, 0.05) is 5.39 Å². The second kappa shape index (κ2) is 10.4. The van der Waals surface area contributed by atoms with Crippen molar-refractivity contribution in [1.82, 2.24) is 0 Å². The second-order valence-electron chi connectivity index (χ2n) is 7.29. The number of aromatic hydroxyl groups is 1. The molecule has 4 N–H and O–H groups in total. The maximum absolute atomic E-state index is 12.5. The van der Waals surface area contributed by atoms with Crippen molar-refractivity contribution in [2.75, 3.05) is 12.4 Å². The quantitative estimate of drug-likeness (QED) is 0.196. The lowest BCUT2D eigenvalue weighted by Gasteiger charge is -2.10. The number of phenolic OH excluding ortho intramolecular Hbond substituents is 1. The van der Waals surface area contributed by atoms with Gasteiger partial charge in [0.1, 0.15) is 16.3 Å². The van der Waals surface area contributed by atoms with Crippen molar-refractivity contribution in [3.63, 3.8) is 0 Å². The summed E-state index contributed by atoms with van der Waals surface area (Å²) in [4.78, 5) is -2.14. The Kier molecular flexibility index (Phi) is 8.18. The zero-order chi connectivity index (χ0) is 28.7. The van der Waals surface area contributed by atoms with Gasteiger partial charge in [0.25, 0.3) is 20.2 Å². The monoisotopic (exact) mass is 630 g/mol. The summed E-state index contributed by atoms with van der Waals surface area (Å²) in [6.07, 6.45) is 0. The fourth-order valence-electron chi connectivity index (χ4n) is 3.02. The van der Waals surface area contributed by atoms with E-state index in [-0.39, 0.29) is 21.5 Å². The van der Waals surface area contributed by atoms with E-state index < -0.39 is 79.0 Å². The van der Waals surface area contributed by atoms with Crippen LogP contribution < -0.4 is 0 Å². The van der Waals surface area contributed by atoms with Gasteiger partial charge >= 0.3 is 10.4 Å². The molecule has 0 aliphatic carbocycles. The summed E-state index contributed by atoms with van der Waals surface area (Å²) < 4.78 is 124. The first-order valence-corrected chi connectivity index (χ1v) is 15.9. The highest BCUT2D eigenvalue weighted by molar-refractivity contribution is 7.91. The number of halogens is 1. The molecule has 0 fully saturated rings. The van der Waals surface area contributed by atoms with Gasteiger partial charge in [0.15, 0.2) is 15.6 Å². The Morgan fingerprint density at radius 2 is 1.42 bits per heavy atom. The highest BCUT2D eigenvalue weighted by atomic mass is 35.5. The van der Waals surface area contributed by atoms with Gasteiger partial charge in [0.2, 0.25) is 0 Å². The number of sulfone groups is 1. The standard InChI is InChI=1S/C18H15ClN2O13S4/c19-14-4-2-11(35(23,24)6-5-34-38(31,32)33)9-15(14)20-21-17-13-3-1-12(36(25,26)27)7-10(13)8-16(18(17)22)37(28,29)30/h1-4,7-9,22H,5-6H2,(H,25,26,27)(H,28,29,30)(H,31,32,33)/b21-20+. The zero-order valence-corrected chi connectivity index (χ0v) is 22.3. The topological polar surface area (TPSA) is 251 Å². The molecular formula is C18H15ClN2O13S4. The Labute approximate surface area is 220 Å². The molecule has 0 aliphatic heterocycles. The largest absolute Gasteiger partial charge is 0.504 e. The summed E-state index contributed by atoms with van der Waals surface area (Å²) in [7, 11) is -18.9. The molecule has 15 nitrogen and oxygen atoms in total. The summed E-state index contributed by atoms with van der Waals surface area (Å²) in [6, 6.07) is 6.59. The maximum Gasteiger partial charge on any atom is 0.397 e. The minimum absolute atomic E-state index is 0.0895. The number of benzene rings is 3. The van der Waals surface area contributed by atoms with Gasteiger partial charge in [-0.3, -0.25) is 13.7 Å². The van der Waals surface area contributed by atoms with Crippen LogP contribution in [0.4, 0.5) is 11.4 Å². The van der Waals surface area contributed by atoms with Crippen LogP contribution in [-0.2, 0) is 44.7 Å². The predicted octanol–water partition coefficient (Wildman–Crippen LogP) is 2.70. The van der Waals surface area contributed by atoms with Crippen molar-refractivity contribution in [3.8, 4) is 5.75 Å². The first kappa shape index (κ1) is 29.8. The van der Waals surface area contributed by atoms with E-state index in [1.165, 1.54) is 0 Å². The molecule has 0 radical (unpaired) electrons. The van der Waals surface area contributed by atoms with Gasteiger partial charge in [0.05, 0.1) is 27.2 Å². The van der Waals surface area contributed by atoms with Crippen LogP contribution >= 0.6 is 11.6 Å². The number of hydrogen-bond donors (Lipinski definition) is 4. The van der Waals surface area contributed by atoms with E-state index in [1.54, 1.807) is 0 Å². The lowest BCUT2D eigenvalue weighted by Crippen LogP contribution is -2.15. The average Bonchev–Trinajstić information content (AvgIpc) is 2.76. The van der Waals surface area contributed by atoms with Gasteiger partial charge < -0.3 is 5.11 Å². The van der Waals surface area contributed by atoms with Crippen LogP contribution in [0.1, 0.15) is 0 Å². The smallest absolute Gasteiger partial charge is 0.397 e. The van der Waals surface area contributed by atoms with Crippen molar-refractivity contribution in [3.05, 3.63) is 47.5 Å². The SMILES string of the molecule is O=S(=O)(O)OCCS(=O)(=O)c1ccc(Cl)c(/N=N/c2c(O)c(S(=O)(=O)O)cc3cc(S(=O)(=O)O)ccc23)c1. The first-order valence-electron chi connectivity index (χ1n) is 9.60. The third-order valence-corrected chi connectivity index (χ3v) is 8.89. The number of azo groups is 1. The Hall–Kier alpha value is -2.75. The summed E-state index contributed by atoms with van der Waals surface area (Å²) in [6.45, 7) is -0.908. The summed E-state index contributed by atoms with van der Waals surface area (Å²) >= 11 is 6.03. The fraction of sp³-hybridized carbons (Fsp3) is 0.111. The van der Waals surface area contributed by atoms with E-state index in [4.69, 9.17) is 16.2 Å². The molecule has 206 valence electrons. The first-order chi connectivity index (χ1) is 17.3. The van der Waals surface area contributed by atoms with Crippen molar-refractivity contribution in [1.29, 1.82) is 0 Å². The molecule has 0 aromatic heterocycles. The van der Waals surface area contributed by atoms with Crippen LogP contribution in [-0.4, -0.2) is 64.8 Å². The van der Waals surface area contributed by atoms with Crippen LogP contribution in [0.25, 0.3) is 10.8 Å². The van der Waals surface area contributed by atoms with Crippen molar-refractivity contribution in [2.45, 2.75) is 14.7 Å². The van der Waals surface area contributed by atoms with Crippen LogP contribution in [0, 0.1) is 0 Å². The molecule has 3 aromatic carbocycles. The highest BCUT2D eigenvalue weighted by Gasteiger charge is 2.23. The number of phenols is 1. The van der Waals surface area contributed by atoms with Crippen LogP contribution in [0.15, 0.2) is 67.4 Å². The minimum atomic E-state index is -5.07. The summed E-state index contributed by atoms with van der Waals surface area (Å²) in [5.41, 5.74) is -0.911. The number of hydrogen-bond acceptors (Lipinski definition) is 12. The fourth-order valence-corrected chi connectivity index (χ4v) is 5.81. The zero-order valence-electron chi connectivity index (χ0n) is 18.3. The normalized spacial score (nSPS) is 13.4. The lowest BCUT2D eigenvalue weighted by atomic mass is 10.1. The molecule has 0 amide bonds. The molecule has 0 aliphatic rings. The van der Waals surface area contributed by atoms with E-state index in [0.717, 1.165) is 42.5 Å². The third-order valence-electron chi connectivity index (χ3n) is 4.72. The van der Waals surface area contributed by atoms with Crippen molar-refractivity contribution >= 4 is 74.2 Å². The molecule has 0 spiro atoms. The van der Waals surface area contributed by atoms with E-state index >= 15 is 0 Å². The lowest BCUT2D eigenvalue weighted by molar-refractivity contribution is 0.284. The van der Waals surface area contributed by atoms with Crippen LogP contribution in [0.3, 0.4) is 0 Å². The van der Waals surface area contributed by atoms with Gasteiger partial charge in [-0.25, -0.2) is 12.6 Å². The van der Waals surface area contributed by atoms with Gasteiger partial charge in [-0.15, -0.1) is 10.2 Å². The number of nitrogens with zero attached hydrogens (tertiary/aromatic N) is 2. The van der Waals surface area contributed by atoms with Crippen LogP contribution in [0.2, 0.25) is 5.02 Å². The Morgan fingerprint density at radius 3 is 2.00 bits per heavy atom. The third kappa shape index (κ3) is 7.01. The highest BCUT2D eigenvalue weighted by Crippen LogP contribution is 2.42. The Bertz CT molecular complexity index is 1900. The Morgan fingerprint density at radius 1 is 0.789 bits per heavy atom. The molecule has 0 heterocycles. The predicted molar refractivity (Wildman–Crippen MR) is 130 cm³/mol. The van der Waals surface area contributed by atoms with E-state index in [0.29, 0.717) is 0 Å². The molecule has 0 unspecified atom stereocenters. The van der Waals surface area contributed by atoms with Gasteiger partial charge in [-0.05, 0) is 41.8 Å². The molecule has 0 bridgehead atoms. The Balaban J connectivity index is 2.14. The summed E-state index contributed by atoms with van der Waals surface area (Å²) in [5.74, 6) is -1.96. The van der Waals surface area contributed by atoms with Crippen LogP contribution in [0.5, 0.6) is 5.75 Å². The summed E-state index contributed by atoms with van der Waals surface area (Å²) in [5, 5.41) is 17.5. The minimum Gasteiger partial charge on any atom is -0.504 e. The average molecular weight is 631 g/mol. The van der Waals surface area contributed by atoms with E-state index in [9.17, 15) is 47.9 Å². The van der Waals surface area contributed by atoms with E-state index in [2.05, 4.69) is 14.4 Å². The molecule has 0 saturated carbocycles. The molecule has 20 heteroatoms. The molecular weight excluding hydrogens is 616 g/mol. The van der Waals surface area contributed by atoms with Gasteiger partial charge in [-0.1, -0.05) is 17.7 Å². The van der Waals surface area contributed by atoms with Crippen molar-refractivity contribution in [2.24, 2.45) is 10.2 Å². The molecule has 38 heavy (non-hydrogen) atoms. The number of rotatable bonds is 9. The molecule has 0 saturated heterocycles. The van der Waals surface area contributed by atoms with Gasteiger partial charge in [-0.2, -0.15) is 25.3 Å². The van der Waals surface area contributed by atoms with Crippen molar-refractivity contribution < 1.29 is 56.6 Å².